The molecule has 5 rings (SSSR count). The molecule has 1 saturated carbocycles. The van der Waals surface area contributed by atoms with Crippen molar-refractivity contribution in [1.82, 2.24) is 0 Å². The summed E-state index contributed by atoms with van der Waals surface area (Å²) in [6.45, 7) is 0. The summed E-state index contributed by atoms with van der Waals surface area (Å²) in [5, 5.41) is 0. The summed E-state index contributed by atoms with van der Waals surface area (Å²) < 4.78 is 5.50. The van der Waals surface area contributed by atoms with E-state index in [-0.39, 0.29) is 23.7 Å². The van der Waals surface area contributed by atoms with Gasteiger partial charge in [-0.15, -0.1) is 0 Å². The van der Waals surface area contributed by atoms with Crippen LogP contribution in [-0.2, 0) is 16.0 Å². The second kappa shape index (κ2) is 9.02. The summed E-state index contributed by atoms with van der Waals surface area (Å²) in [6.07, 6.45) is 4.35. The molecule has 1 aliphatic heterocycles. The van der Waals surface area contributed by atoms with E-state index in [1.165, 1.54) is 10.5 Å². The summed E-state index contributed by atoms with van der Waals surface area (Å²) >= 11 is 0. The zero-order valence-corrected chi connectivity index (χ0v) is 18.3. The van der Waals surface area contributed by atoms with Gasteiger partial charge in [0.2, 0.25) is 11.8 Å². The van der Waals surface area contributed by atoms with Gasteiger partial charge in [-0.1, -0.05) is 55.3 Å². The minimum Gasteiger partial charge on any atom is -0.423 e. The van der Waals surface area contributed by atoms with Crippen LogP contribution in [0.25, 0.3) is 0 Å². The molecule has 1 aliphatic carbocycles. The van der Waals surface area contributed by atoms with Crippen molar-refractivity contribution in [2.75, 3.05) is 4.90 Å². The minimum atomic E-state index is -0.481. The first-order valence-corrected chi connectivity index (χ1v) is 11.4. The molecule has 1 saturated heterocycles. The molecule has 0 bridgehead atoms. The van der Waals surface area contributed by atoms with Gasteiger partial charge in [0.05, 0.1) is 23.1 Å². The molecule has 166 valence electrons. The van der Waals surface area contributed by atoms with Crippen LogP contribution in [0.4, 0.5) is 5.69 Å². The number of carbonyl (C=O) groups excluding carboxylic acids is 3. The standard InChI is InChI=1S/C28H25NO4/c30-26-24-8-4-5-9-25(24)27(31)29(26)22-14-12-21(13-15-22)28(32)33-23-16-10-20(11-17-23)18-19-6-2-1-3-7-19/h1-3,6-7,10-17,24-25H,4-5,8-9,18H2/t24-,25-/m1/s1. The molecule has 2 atom stereocenters. The Morgan fingerprint density at radius 1 is 0.758 bits per heavy atom. The van der Waals surface area contributed by atoms with E-state index in [1.807, 2.05) is 30.3 Å². The average Bonchev–Trinajstić information content (AvgIpc) is 3.11. The molecular weight excluding hydrogens is 414 g/mol. The van der Waals surface area contributed by atoms with Gasteiger partial charge >= 0.3 is 5.97 Å². The normalized spacial score (nSPS) is 19.9. The third-order valence-electron chi connectivity index (χ3n) is 6.59. The van der Waals surface area contributed by atoms with E-state index in [2.05, 4.69) is 12.1 Å². The molecule has 1 heterocycles. The topological polar surface area (TPSA) is 63.7 Å². The van der Waals surface area contributed by atoms with Crippen molar-refractivity contribution >= 4 is 23.5 Å². The highest BCUT2D eigenvalue weighted by atomic mass is 16.5. The molecule has 5 nitrogen and oxygen atoms in total. The summed E-state index contributed by atoms with van der Waals surface area (Å²) in [4.78, 5) is 39.4. The number of ether oxygens (including phenoxy) is 1. The van der Waals surface area contributed by atoms with Crippen LogP contribution >= 0.6 is 0 Å². The molecule has 2 amide bonds. The Balaban J connectivity index is 1.24. The van der Waals surface area contributed by atoms with Gasteiger partial charge in [0, 0.05) is 0 Å². The number of amides is 2. The molecule has 0 unspecified atom stereocenters. The number of hydrogen-bond acceptors (Lipinski definition) is 4. The Morgan fingerprint density at radius 3 is 1.94 bits per heavy atom. The molecule has 2 aliphatic rings. The molecule has 2 fully saturated rings. The fourth-order valence-electron chi connectivity index (χ4n) is 4.84. The lowest BCUT2D eigenvalue weighted by molar-refractivity contribution is -0.122. The first kappa shape index (κ1) is 21.1. The van der Waals surface area contributed by atoms with Crippen LogP contribution in [0.5, 0.6) is 5.75 Å². The van der Waals surface area contributed by atoms with Gasteiger partial charge < -0.3 is 4.74 Å². The summed E-state index contributed by atoms with van der Waals surface area (Å²) in [5.74, 6) is -0.632. The van der Waals surface area contributed by atoms with Crippen LogP contribution in [0, 0.1) is 11.8 Å². The predicted molar refractivity (Wildman–Crippen MR) is 125 cm³/mol. The van der Waals surface area contributed by atoms with Gasteiger partial charge in [-0.2, -0.15) is 0 Å². The molecular formula is C28H25NO4. The zero-order valence-electron chi connectivity index (χ0n) is 18.3. The van der Waals surface area contributed by atoms with Crippen molar-refractivity contribution in [1.29, 1.82) is 0 Å². The van der Waals surface area contributed by atoms with E-state index >= 15 is 0 Å². The number of rotatable bonds is 5. The number of imide groups is 1. The molecule has 0 aromatic heterocycles. The third kappa shape index (κ3) is 4.31. The highest BCUT2D eigenvalue weighted by molar-refractivity contribution is 6.22. The second-order valence-corrected chi connectivity index (χ2v) is 8.75. The Kier molecular flexibility index (Phi) is 5.78. The predicted octanol–water partition coefficient (Wildman–Crippen LogP) is 5.18. The SMILES string of the molecule is O=C(Oc1ccc(Cc2ccccc2)cc1)c1ccc(N2C(=O)[C@@H]3CCCC[C@H]3C2=O)cc1. The van der Waals surface area contributed by atoms with Gasteiger partial charge in [0.1, 0.15) is 5.75 Å². The van der Waals surface area contributed by atoms with Crippen molar-refractivity contribution in [2.24, 2.45) is 11.8 Å². The van der Waals surface area contributed by atoms with E-state index in [0.717, 1.165) is 37.7 Å². The van der Waals surface area contributed by atoms with E-state index in [9.17, 15) is 14.4 Å². The van der Waals surface area contributed by atoms with Crippen molar-refractivity contribution in [3.8, 4) is 5.75 Å². The maximum Gasteiger partial charge on any atom is 0.343 e. The second-order valence-electron chi connectivity index (χ2n) is 8.75. The van der Waals surface area contributed by atoms with Gasteiger partial charge in [0.15, 0.2) is 0 Å². The Bertz CT molecular complexity index is 1140. The largest absolute Gasteiger partial charge is 0.423 e. The number of esters is 1. The zero-order chi connectivity index (χ0) is 22.8. The maximum atomic E-state index is 12.8. The lowest BCUT2D eigenvalue weighted by Crippen LogP contribution is -2.30. The highest BCUT2D eigenvalue weighted by Crippen LogP contribution is 2.40. The third-order valence-corrected chi connectivity index (χ3v) is 6.59. The summed E-state index contributed by atoms with van der Waals surface area (Å²) in [6, 6.07) is 24.1. The van der Waals surface area contributed by atoms with Crippen molar-refractivity contribution in [3.05, 3.63) is 95.6 Å². The monoisotopic (exact) mass is 439 g/mol. The van der Waals surface area contributed by atoms with Crippen LogP contribution in [0.15, 0.2) is 78.9 Å². The molecule has 3 aromatic carbocycles. The van der Waals surface area contributed by atoms with Crippen LogP contribution in [-0.4, -0.2) is 17.8 Å². The number of nitrogens with zero attached hydrogens (tertiary/aromatic N) is 1. The molecule has 0 spiro atoms. The molecule has 3 aromatic rings. The smallest absolute Gasteiger partial charge is 0.343 e. The highest BCUT2D eigenvalue weighted by Gasteiger charge is 2.48. The fraction of sp³-hybridized carbons (Fsp3) is 0.250. The van der Waals surface area contributed by atoms with E-state index in [4.69, 9.17) is 4.74 Å². The maximum absolute atomic E-state index is 12.8. The van der Waals surface area contributed by atoms with Crippen LogP contribution in [0.1, 0.15) is 47.2 Å². The number of carbonyl (C=O) groups is 3. The lowest BCUT2D eigenvalue weighted by atomic mass is 9.81. The van der Waals surface area contributed by atoms with Crippen molar-refractivity contribution < 1.29 is 19.1 Å². The fourth-order valence-corrected chi connectivity index (χ4v) is 4.84. The summed E-state index contributed by atoms with van der Waals surface area (Å²) in [7, 11) is 0. The van der Waals surface area contributed by atoms with Crippen LogP contribution in [0.3, 0.4) is 0 Å². The average molecular weight is 440 g/mol. The molecule has 33 heavy (non-hydrogen) atoms. The quantitative estimate of drug-likeness (QED) is 0.312. The summed E-state index contributed by atoms with van der Waals surface area (Å²) in [5.41, 5.74) is 3.23. The molecule has 0 N–H and O–H groups in total. The Hall–Kier alpha value is -3.73. The lowest BCUT2D eigenvalue weighted by Gasteiger charge is -2.19. The van der Waals surface area contributed by atoms with Crippen LogP contribution < -0.4 is 9.64 Å². The van der Waals surface area contributed by atoms with Crippen molar-refractivity contribution in [3.63, 3.8) is 0 Å². The minimum absolute atomic E-state index is 0.115. The molecule has 5 heteroatoms. The van der Waals surface area contributed by atoms with Crippen LogP contribution in [0.2, 0.25) is 0 Å². The van der Waals surface area contributed by atoms with E-state index in [0.29, 0.717) is 17.0 Å². The van der Waals surface area contributed by atoms with Gasteiger partial charge in [-0.25, -0.2) is 4.79 Å². The number of anilines is 1. The number of fused-ring (bicyclic) bond motifs is 1. The first-order valence-electron chi connectivity index (χ1n) is 11.4. The first-order chi connectivity index (χ1) is 16.1. The van der Waals surface area contributed by atoms with Gasteiger partial charge in [-0.05, 0) is 66.8 Å². The van der Waals surface area contributed by atoms with E-state index in [1.54, 1.807) is 36.4 Å². The Morgan fingerprint density at radius 2 is 1.33 bits per heavy atom. The van der Waals surface area contributed by atoms with Crippen molar-refractivity contribution in [2.45, 2.75) is 32.1 Å². The van der Waals surface area contributed by atoms with Gasteiger partial charge in [-0.3, -0.25) is 14.5 Å². The number of hydrogen-bond donors (Lipinski definition) is 0. The molecule has 0 radical (unpaired) electrons. The Labute approximate surface area is 193 Å². The van der Waals surface area contributed by atoms with Gasteiger partial charge in [0.25, 0.3) is 0 Å². The number of benzene rings is 3. The van der Waals surface area contributed by atoms with E-state index < -0.39 is 5.97 Å².